The van der Waals surface area contributed by atoms with Gasteiger partial charge in [0, 0.05) is 12.8 Å². The van der Waals surface area contributed by atoms with Crippen LogP contribution in [-0.4, -0.2) is 47.4 Å². The molecule has 6 heteroatoms. The number of amides is 1. The van der Waals surface area contributed by atoms with Crippen LogP contribution in [0.3, 0.4) is 0 Å². The lowest BCUT2D eigenvalue weighted by atomic mass is 10.0. The molecule has 1 amide bonds. The lowest BCUT2D eigenvalue weighted by Gasteiger charge is -2.22. The minimum atomic E-state index is -0.661. The molecule has 0 aromatic rings. The Morgan fingerprint density at radius 2 is 0.610 bits per heavy atom. The van der Waals surface area contributed by atoms with E-state index < -0.39 is 12.1 Å². The molecule has 0 saturated carbocycles. The molecule has 3 N–H and O–H groups in total. The van der Waals surface area contributed by atoms with Gasteiger partial charge in [-0.3, -0.25) is 9.59 Å². The van der Waals surface area contributed by atoms with E-state index in [1.54, 1.807) is 0 Å². The quantitative estimate of drug-likeness (QED) is 0.0320. The van der Waals surface area contributed by atoms with Gasteiger partial charge in [-0.1, -0.05) is 353 Å². The van der Waals surface area contributed by atoms with Crippen molar-refractivity contribution in [1.29, 1.82) is 0 Å². The highest BCUT2D eigenvalue weighted by Crippen LogP contribution is 2.19. The molecular weight excluding hydrogens is 947 g/mol. The zero-order chi connectivity index (χ0) is 55.7. The van der Waals surface area contributed by atoms with E-state index in [9.17, 15) is 19.8 Å². The molecule has 2 unspecified atom stereocenters. The van der Waals surface area contributed by atoms with Gasteiger partial charge in [0.1, 0.15) is 0 Å². The Hall–Kier alpha value is -1.40. The summed E-state index contributed by atoms with van der Waals surface area (Å²) in [5.41, 5.74) is 0. The number of allylic oxidation sites excluding steroid dienone is 2. The molecule has 0 aliphatic rings. The van der Waals surface area contributed by atoms with Crippen LogP contribution >= 0.6 is 0 Å². The predicted octanol–water partition coefficient (Wildman–Crippen LogP) is 22.8. The molecule has 0 rings (SSSR count). The van der Waals surface area contributed by atoms with E-state index in [1.165, 1.54) is 327 Å². The van der Waals surface area contributed by atoms with Gasteiger partial charge in [-0.2, -0.15) is 0 Å². The van der Waals surface area contributed by atoms with Crippen LogP contribution < -0.4 is 5.32 Å². The maximum absolute atomic E-state index is 12.5. The van der Waals surface area contributed by atoms with Gasteiger partial charge in [-0.05, 0) is 51.4 Å². The largest absolute Gasteiger partial charge is 0.466 e. The summed E-state index contributed by atoms with van der Waals surface area (Å²) < 4.78 is 5.48. The monoisotopic (exact) mass is 1090 g/mol. The lowest BCUT2D eigenvalue weighted by molar-refractivity contribution is -0.143. The highest BCUT2D eigenvalue weighted by molar-refractivity contribution is 5.76. The van der Waals surface area contributed by atoms with Gasteiger partial charge in [-0.25, -0.2) is 0 Å². The van der Waals surface area contributed by atoms with Crippen LogP contribution in [0, 0.1) is 0 Å². The van der Waals surface area contributed by atoms with Crippen molar-refractivity contribution in [2.24, 2.45) is 0 Å². The van der Waals surface area contributed by atoms with Gasteiger partial charge >= 0.3 is 5.97 Å². The Labute approximate surface area is 482 Å². The topological polar surface area (TPSA) is 95.9 Å². The number of ether oxygens (including phenoxy) is 1. The minimum Gasteiger partial charge on any atom is -0.466 e. The molecule has 0 bridgehead atoms. The lowest BCUT2D eigenvalue weighted by Crippen LogP contribution is -2.45. The third kappa shape index (κ3) is 63.6. The maximum Gasteiger partial charge on any atom is 0.305 e. The van der Waals surface area contributed by atoms with E-state index in [1.807, 2.05) is 0 Å². The van der Waals surface area contributed by atoms with Crippen molar-refractivity contribution in [2.75, 3.05) is 13.2 Å². The normalized spacial score (nSPS) is 12.5. The Bertz CT molecular complexity index is 1160. The summed E-state index contributed by atoms with van der Waals surface area (Å²) in [5.74, 6) is -0.0160. The summed E-state index contributed by atoms with van der Waals surface area (Å²) in [6.45, 7) is 4.97. The number of hydrogen-bond donors (Lipinski definition) is 3. The molecule has 458 valence electrons. The van der Waals surface area contributed by atoms with E-state index in [0.717, 1.165) is 44.9 Å². The molecule has 0 aromatic heterocycles. The highest BCUT2D eigenvalue weighted by Gasteiger charge is 2.20. The molecule has 0 heterocycles. The fraction of sp³-hybridized carbons (Fsp3) is 0.944. The number of carbonyl (C=O) groups excluding carboxylic acids is 2. The molecule has 0 radical (unpaired) electrons. The first-order valence-electron chi connectivity index (χ1n) is 35.4. The van der Waals surface area contributed by atoms with Crippen molar-refractivity contribution < 1.29 is 24.5 Å². The fourth-order valence-electron chi connectivity index (χ4n) is 11.4. The Morgan fingerprint density at radius 1 is 0.351 bits per heavy atom. The molecule has 0 aliphatic carbocycles. The predicted molar refractivity (Wildman–Crippen MR) is 338 cm³/mol. The van der Waals surface area contributed by atoms with Gasteiger partial charge in [0.25, 0.3) is 0 Å². The van der Waals surface area contributed by atoms with Crippen LogP contribution in [0.25, 0.3) is 0 Å². The molecule has 0 spiro atoms. The number of unbranched alkanes of at least 4 members (excludes halogenated alkanes) is 54. The minimum absolute atomic E-state index is 0.0108. The van der Waals surface area contributed by atoms with E-state index in [0.29, 0.717) is 25.9 Å². The summed E-state index contributed by atoms with van der Waals surface area (Å²) in [5, 5.41) is 23.4. The molecule has 0 fully saturated rings. The fourth-order valence-corrected chi connectivity index (χ4v) is 11.4. The van der Waals surface area contributed by atoms with Gasteiger partial charge in [0.2, 0.25) is 5.91 Å². The number of carbonyl (C=O) groups is 2. The second-order valence-corrected chi connectivity index (χ2v) is 24.6. The summed E-state index contributed by atoms with van der Waals surface area (Å²) in [4.78, 5) is 24.6. The van der Waals surface area contributed by atoms with E-state index >= 15 is 0 Å². The van der Waals surface area contributed by atoms with Gasteiger partial charge < -0.3 is 20.3 Å². The number of nitrogens with one attached hydrogen (secondary N) is 1. The number of hydrogen-bond acceptors (Lipinski definition) is 5. The molecule has 77 heavy (non-hydrogen) atoms. The van der Waals surface area contributed by atoms with Crippen LogP contribution in [0.1, 0.15) is 406 Å². The SMILES string of the molecule is CCCCC/C=C\CCCCCCCC(=O)OCCCCCCCCCCCCCCCCCCCCCCCCCCCCCCCCC(=O)NC(CO)C(O)CCCCCCCCCCCCCCCCCCCC. The van der Waals surface area contributed by atoms with Crippen molar-refractivity contribution in [3.63, 3.8) is 0 Å². The molecule has 0 aliphatic heterocycles. The Balaban J connectivity index is 3.33. The molecule has 6 nitrogen and oxygen atoms in total. The van der Waals surface area contributed by atoms with Crippen LogP contribution in [0.5, 0.6) is 0 Å². The Morgan fingerprint density at radius 3 is 0.948 bits per heavy atom. The molecular formula is C71H139NO5. The van der Waals surface area contributed by atoms with Crippen molar-refractivity contribution in [3.8, 4) is 0 Å². The van der Waals surface area contributed by atoms with Gasteiger partial charge in [-0.15, -0.1) is 0 Å². The molecule has 0 saturated heterocycles. The van der Waals surface area contributed by atoms with Crippen LogP contribution in [0.15, 0.2) is 12.2 Å². The third-order valence-electron chi connectivity index (χ3n) is 16.8. The average molecular weight is 1090 g/mol. The highest BCUT2D eigenvalue weighted by atomic mass is 16.5. The number of esters is 1. The summed E-state index contributed by atoms with van der Waals surface area (Å²) in [6.07, 6.45) is 82.7. The smallest absolute Gasteiger partial charge is 0.305 e. The van der Waals surface area contributed by atoms with E-state index in [4.69, 9.17) is 4.74 Å². The van der Waals surface area contributed by atoms with Crippen molar-refractivity contribution in [1.82, 2.24) is 5.32 Å². The van der Waals surface area contributed by atoms with Crippen molar-refractivity contribution >= 4 is 11.9 Å². The zero-order valence-corrected chi connectivity index (χ0v) is 52.5. The standard InChI is InChI=1S/C71H139NO5/c1-3-5-7-9-11-13-15-17-18-19-34-37-40-43-47-51-55-59-63-69(74)68(67-73)72-70(75)64-60-56-52-48-44-41-38-35-32-30-28-26-24-22-20-21-23-25-27-29-31-33-36-39-42-46-50-54-58-62-66-77-71(76)65-61-57-53-49-45-16-14-12-10-8-6-4-2/h12,14,68-69,73-74H,3-11,13,15-67H2,1-2H3,(H,72,75)/b14-12-. The maximum atomic E-state index is 12.5. The van der Waals surface area contributed by atoms with Crippen LogP contribution in [0.2, 0.25) is 0 Å². The molecule has 0 aromatic carbocycles. The average Bonchev–Trinajstić information content (AvgIpc) is 3.43. The van der Waals surface area contributed by atoms with Crippen molar-refractivity contribution in [2.45, 2.75) is 418 Å². The van der Waals surface area contributed by atoms with Crippen LogP contribution in [-0.2, 0) is 14.3 Å². The van der Waals surface area contributed by atoms with Crippen molar-refractivity contribution in [3.05, 3.63) is 12.2 Å². The second-order valence-electron chi connectivity index (χ2n) is 24.6. The first-order chi connectivity index (χ1) is 38.0. The second kappa shape index (κ2) is 67.1. The third-order valence-corrected chi connectivity index (χ3v) is 16.8. The zero-order valence-electron chi connectivity index (χ0n) is 52.5. The van der Waals surface area contributed by atoms with Gasteiger partial charge in [0.05, 0.1) is 25.4 Å². The number of aliphatic hydroxyl groups is 2. The molecule has 2 atom stereocenters. The number of aliphatic hydroxyl groups excluding tert-OH is 2. The first-order valence-corrected chi connectivity index (χ1v) is 35.4. The van der Waals surface area contributed by atoms with Gasteiger partial charge in [0.15, 0.2) is 0 Å². The summed E-state index contributed by atoms with van der Waals surface area (Å²) in [7, 11) is 0. The summed E-state index contributed by atoms with van der Waals surface area (Å²) in [6, 6.07) is -0.538. The van der Waals surface area contributed by atoms with Crippen LogP contribution in [0.4, 0.5) is 0 Å². The van der Waals surface area contributed by atoms with E-state index in [-0.39, 0.29) is 18.5 Å². The number of rotatable bonds is 67. The Kier molecular flexibility index (Phi) is 65.9. The first kappa shape index (κ1) is 75.6. The van der Waals surface area contributed by atoms with E-state index in [2.05, 4.69) is 31.3 Å². The summed E-state index contributed by atoms with van der Waals surface area (Å²) >= 11 is 0.